The van der Waals surface area contributed by atoms with Crippen LogP contribution in [0.4, 0.5) is 10.6 Å². The molecule has 3 aromatic heterocycles. The zero-order valence-corrected chi connectivity index (χ0v) is 27.9. The molecule has 3 N–H and O–H groups in total. The SMILES string of the molecule is CSC(C)(C)c1cc(NC(=O)NCc2ccccc2Sc2ccc3nnc(-c4ccc(C)cc4O)n3c2)n(-c2cccc(C)c2)n1. The predicted octanol–water partition coefficient (Wildman–Crippen LogP) is 7.98. The van der Waals surface area contributed by atoms with Crippen LogP contribution in [0.5, 0.6) is 5.75 Å². The number of fused-ring (bicyclic) bond motifs is 1. The third kappa shape index (κ3) is 6.61. The molecule has 9 nitrogen and oxygen atoms in total. The summed E-state index contributed by atoms with van der Waals surface area (Å²) < 4.78 is 3.44. The van der Waals surface area contributed by atoms with Crippen LogP contribution in [0.25, 0.3) is 22.7 Å². The van der Waals surface area contributed by atoms with Gasteiger partial charge in [-0.15, -0.1) is 10.2 Å². The van der Waals surface area contributed by atoms with Crippen molar-refractivity contribution < 1.29 is 9.90 Å². The Hall–Kier alpha value is -4.74. The molecule has 0 saturated carbocycles. The molecule has 11 heteroatoms. The van der Waals surface area contributed by atoms with Crippen LogP contribution < -0.4 is 10.6 Å². The lowest BCUT2D eigenvalue weighted by atomic mass is 10.1. The van der Waals surface area contributed by atoms with E-state index in [2.05, 4.69) is 40.9 Å². The second-order valence-electron chi connectivity index (χ2n) is 11.5. The number of anilines is 1. The molecule has 0 bridgehead atoms. The third-order valence-corrected chi connectivity index (χ3v) is 10.1. The summed E-state index contributed by atoms with van der Waals surface area (Å²) in [6, 6.07) is 27.0. The highest BCUT2D eigenvalue weighted by atomic mass is 32.2. The van der Waals surface area contributed by atoms with E-state index in [4.69, 9.17) is 5.10 Å². The molecule has 46 heavy (non-hydrogen) atoms. The van der Waals surface area contributed by atoms with E-state index in [1.807, 2.05) is 103 Å². The number of benzene rings is 3. The van der Waals surface area contributed by atoms with Crippen molar-refractivity contribution in [2.75, 3.05) is 11.6 Å². The van der Waals surface area contributed by atoms with Gasteiger partial charge in [-0.3, -0.25) is 9.72 Å². The van der Waals surface area contributed by atoms with Crippen molar-refractivity contribution in [2.24, 2.45) is 0 Å². The van der Waals surface area contributed by atoms with Gasteiger partial charge in [0.1, 0.15) is 11.6 Å². The van der Waals surface area contributed by atoms with Gasteiger partial charge in [-0.05, 0) is 93.1 Å². The van der Waals surface area contributed by atoms with Crippen LogP contribution in [0.1, 0.15) is 36.2 Å². The normalized spacial score (nSPS) is 11.6. The third-order valence-electron chi connectivity index (χ3n) is 7.73. The highest BCUT2D eigenvalue weighted by molar-refractivity contribution is 7.99. The number of hydrogen-bond donors (Lipinski definition) is 3. The number of phenols is 1. The first-order valence-corrected chi connectivity index (χ1v) is 16.8. The maximum absolute atomic E-state index is 13.3. The first-order valence-electron chi connectivity index (χ1n) is 14.8. The lowest BCUT2D eigenvalue weighted by Gasteiger charge is -2.18. The van der Waals surface area contributed by atoms with E-state index >= 15 is 0 Å². The average Bonchev–Trinajstić information content (AvgIpc) is 3.65. The van der Waals surface area contributed by atoms with Crippen LogP contribution in [0, 0.1) is 13.8 Å². The van der Waals surface area contributed by atoms with Crippen LogP contribution in [0.3, 0.4) is 0 Å². The van der Waals surface area contributed by atoms with Gasteiger partial charge in [0.15, 0.2) is 11.5 Å². The maximum atomic E-state index is 13.3. The fraction of sp³-hybridized carbons (Fsp3) is 0.200. The van der Waals surface area contributed by atoms with Gasteiger partial charge in [0.2, 0.25) is 0 Å². The number of urea groups is 1. The molecule has 6 rings (SSSR count). The van der Waals surface area contributed by atoms with Gasteiger partial charge in [-0.25, -0.2) is 9.48 Å². The van der Waals surface area contributed by atoms with E-state index in [9.17, 15) is 9.90 Å². The summed E-state index contributed by atoms with van der Waals surface area (Å²) in [6.45, 7) is 8.53. The molecule has 0 unspecified atom stereocenters. The predicted molar refractivity (Wildman–Crippen MR) is 186 cm³/mol. The summed E-state index contributed by atoms with van der Waals surface area (Å²) in [4.78, 5) is 15.2. The van der Waals surface area contributed by atoms with Crippen molar-refractivity contribution in [3.63, 3.8) is 0 Å². The smallest absolute Gasteiger partial charge is 0.320 e. The number of aromatic hydroxyl groups is 1. The van der Waals surface area contributed by atoms with Gasteiger partial charge in [-0.2, -0.15) is 16.9 Å². The van der Waals surface area contributed by atoms with Crippen LogP contribution in [-0.2, 0) is 11.3 Å². The Balaban J connectivity index is 1.20. The van der Waals surface area contributed by atoms with E-state index < -0.39 is 0 Å². The van der Waals surface area contributed by atoms with Gasteiger partial charge in [0.25, 0.3) is 0 Å². The van der Waals surface area contributed by atoms with Crippen molar-refractivity contribution in [3.8, 4) is 22.8 Å². The first kappa shape index (κ1) is 31.3. The van der Waals surface area contributed by atoms with Gasteiger partial charge in [0, 0.05) is 28.6 Å². The van der Waals surface area contributed by atoms with E-state index in [-0.39, 0.29) is 16.5 Å². The fourth-order valence-electron chi connectivity index (χ4n) is 4.98. The number of phenolic OH excluding ortho intramolecular Hbond substituents is 1. The van der Waals surface area contributed by atoms with Crippen LogP contribution in [0.15, 0.2) is 101 Å². The lowest BCUT2D eigenvalue weighted by molar-refractivity contribution is 0.251. The minimum atomic E-state index is -0.324. The van der Waals surface area contributed by atoms with Crippen LogP contribution >= 0.6 is 23.5 Å². The molecule has 2 amide bonds. The molecule has 0 aliphatic carbocycles. The Bertz CT molecular complexity index is 2050. The summed E-state index contributed by atoms with van der Waals surface area (Å²) in [5.41, 5.74) is 6.10. The number of aromatic nitrogens is 5. The van der Waals surface area contributed by atoms with E-state index in [1.54, 1.807) is 34.3 Å². The van der Waals surface area contributed by atoms with Gasteiger partial charge in [0.05, 0.1) is 21.7 Å². The second-order valence-corrected chi connectivity index (χ2v) is 14.1. The molecule has 3 aromatic carbocycles. The Morgan fingerprint density at radius 3 is 2.52 bits per heavy atom. The zero-order valence-electron chi connectivity index (χ0n) is 26.3. The van der Waals surface area contributed by atoms with E-state index in [0.717, 1.165) is 37.9 Å². The Labute approximate surface area is 276 Å². The van der Waals surface area contributed by atoms with E-state index in [0.29, 0.717) is 29.4 Å². The van der Waals surface area contributed by atoms with Crippen LogP contribution in [-0.4, -0.2) is 41.8 Å². The number of carbonyl (C=O) groups excluding carboxylic acids is 1. The Morgan fingerprint density at radius 1 is 0.935 bits per heavy atom. The number of nitrogens with one attached hydrogen (secondary N) is 2. The zero-order chi connectivity index (χ0) is 32.4. The number of aryl methyl sites for hydroxylation is 2. The summed E-state index contributed by atoms with van der Waals surface area (Å²) in [5, 5.41) is 30.1. The highest BCUT2D eigenvalue weighted by Crippen LogP contribution is 2.36. The molecule has 3 heterocycles. The molecular weight excluding hydrogens is 615 g/mol. The number of hydrogen-bond acceptors (Lipinski definition) is 7. The monoisotopic (exact) mass is 649 g/mol. The number of rotatable bonds is 9. The summed E-state index contributed by atoms with van der Waals surface area (Å²) >= 11 is 3.29. The molecule has 0 saturated heterocycles. The van der Waals surface area contributed by atoms with E-state index in [1.165, 1.54) is 0 Å². The standard InChI is InChI=1S/C35H35N7O2S2/c1-22-9-8-11-25(17-22)42-32(19-30(40-42)35(3,4)45-5)37-34(44)36-20-24-10-6-7-12-29(24)46-26-14-16-31-38-39-33(41(31)21-26)27-15-13-23(2)18-28(27)43/h6-19,21,43H,20H2,1-5H3,(H2,36,37,44). The molecule has 0 aliphatic heterocycles. The van der Waals surface area contributed by atoms with Crippen LogP contribution in [0.2, 0.25) is 0 Å². The number of pyridine rings is 1. The number of carbonyl (C=O) groups is 1. The van der Waals surface area contributed by atoms with Gasteiger partial charge < -0.3 is 10.4 Å². The fourth-order valence-corrected chi connectivity index (χ4v) is 6.26. The summed E-state index contributed by atoms with van der Waals surface area (Å²) in [5.74, 6) is 1.32. The minimum Gasteiger partial charge on any atom is -0.507 e. The Kier molecular flexibility index (Phi) is 8.79. The molecule has 234 valence electrons. The maximum Gasteiger partial charge on any atom is 0.320 e. The topological polar surface area (TPSA) is 109 Å². The van der Waals surface area contributed by atoms with Crippen molar-refractivity contribution >= 4 is 41.0 Å². The highest BCUT2D eigenvalue weighted by Gasteiger charge is 2.25. The molecule has 0 spiro atoms. The molecule has 0 atom stereocenters. The van der Waals surface area contributed by atoms with Gasteiger partial charge >= 0.3 is 6.03 Å². The largest absolute Gasteiger partial charge is 0.507 e. The molecule has 0 fully saturated rings. The Morgan fingerprint density at radius 2 is 1.74 bits per heavy atom. The quantitative estimate of drug-likeness (QED) is 0.146. The van der Waals surface area contributed by atoms with Crippen molar-refractivity contribution in [1.29, 1.82) is 0 Å². The number of amides is 2. The molecule has 6 aromatic rings. The average molecular weight is 650 g/mol. The lowest BCUT2D eigenvalue weighted by Crippen LogP contribution is -2.29. The minimum absolute atomic E-state index is 0.160. The molecule has 0 radical (unpaired) electrons. The number of thioether (sulfide) groups is 1. The summed E-state index contributed by atoms with van der Waals surface area (Å²) in [6.07, 6.45) is 4.02. The number of nitrogens with zero attached hydrogens (tertiary/aromatic N) is 5. The van der Waals surface area contributed by atoms with Crippen molar-refractivity contribution in [2.45, 2.75) is 48.8 Å². The van der Waals surface area contributed by atoms with Crippen molar-refractivity contribution in [1.82, 2.24) is 29.7 Å². The van der Waals surface area contributed by atoms with Crippen molar-refractivity contribution in [3.05, 3.63) is 114 Å². The first-order chi connectivity index (χ1) is 22.1. The van der Waals surface area contributed by atoms with Gasteiger partial charge in [-0.1, -0.05) is 48.2 Å². The second kappa shape index (κ2) is 12.9. The summed E-state index contributed by atoms with van der Waals surface area (Å²) in [7, 11) is 0. The molecule has 0 aliphatic rings. The molecular formula is C35H35N7O2S2.